The molecule has 1 amide bonds. The minimum absolute atomic E-state index is 0.113. The van der Waals surface area contributed by atoms with E-state index in [0.29, 0.717) is 5.39 Å². The molecule has 0 spiro atoms. The van der Waals surface area contributed by atoms with Crippen LogP contribution in [0.15, 0.2) is 77.6 Å². The van der Waals surface area contributed by atoms with Gasteiger partial charge in [-0.25, -0.2) is 9.48 Å². The number of nitrogens with zero attached hydrogens (tertiary/aromatic N) is 2. The summed E-state index contributed by atoms with van der Waals surface area (Å²) < 4.78 is 8.73. The number of methoxy groups -OCH3 is 1. The summed E-state index contributed by atoms with van der Waals surface area (Å²) >= 11 is 0. The lowest BCUT2D eigenvalue weighted by molar-refractivity contribution is -0.142. The van der Waals surface area contributed by atoms with Gasteiger partial charge in [0.05, 0.1) is 29.7 Å². The van der Waals surface area contributed by atoms with Gasteiger partial charge < -0.3 is 15.2 Å². The topological polar surface area (TPSA) is 103 Å². The lowest BCUT2D eigenvalue weighted by atomic mass is 9.95. The van der Waals surface area contributed by atoms with Crippen LogP contribution in [0.1, 0.15) is 54.1 Å². The number of phenolic OH excluding ortho intramolecular Hbond substituents is 1. The normalized spacial score (nSPS) is 14.8. The fourth-order valence-corrected chi connectivity index (χ4v) is 5.31. The van der Waals surface area contributed by atoms with Crippen molar-refractivity contribution in [1.82, 2.24) is 14.7 Å². The number of aromatic hydroxyl groups is 1. The van der Waals surface area contributed by atoms with Crippen LogP contribution in [0.3, 0.4) is 0 Å². The molecule has 3 aromatic carbocycles. The first-order valence-corrected chi connectivity index (χ1v) is 13.0. The SMILES string of the molecule is COC(=O)[C@H](Cc1ccc(O)cc1)NC(=O)c1ccc2c(c1)c(=O)n(-c1ccccc1)n2C1CCCCC1. The highest BCUT2D eigenvalue weighted by Crippen LogP contribution is 2.32. The quantitative estimate of drug-likeness (QED) is 0.354. The maximum Gasteiger partial charge on any atom is 0.328 e. The number of carbonyl (C=O) groups is 2. The zero-order chi connectivity index (χ0) is 26.6. The smallest absolute Gasteiger partial charge is 0.328 e. The number of rotatable bonds is 7. The molecule has 8 heteroatoms. The average Bonchev–Trinajstić information content (AvgIpc) is 3.25. The molecule has 1 aliphatic carbocycles. The van der Waals surface area contributed by atoms with Gasteiger partial charge in [0, 0.05) is 12.0 Å². The Hall–Kier alpha value is -4.33. The summed E-state index contributed by atoms with van der Waals surface area (Å²) in [6.07, 6.45) is 5.61. The van der Waals surface area contributed by atoms with Gasteiger partial charge in [0.25, 0.3) is 11.5 Å². The molecule has 38 heavy (non-hydrogen) atoms. The van der Waals surface area contributed by atoms with E-state index in [0.717, 1.165) is 42.5 Å². The first-order chi connectivity index (χ1) is 18.5. The van der Waals surface area contributed by atoms with E-state index in [-0.39, 0.29) is 29.3 Å². The number of amides is 1. The fraction of sp³-hybridized carbons (Fsp3) is 0.300. The third-order valence-electron chi connectivity index (χ3n) is 7.23. The number of hydrogen-bond acceptors (Lipinski definition) is 5. The van der Waals surface area contributed by atoms with Gasteiger partial charge in [-0.3, -0.25) is 14.3 Å². The fourth-order valence-electron chi connectivity index (χ4n) is 5.31. The van der Waals surface area contributed by atoms with Crippen LogP contribution in [-0.4, -0.2) is 39.5 Å². The van der Waals surface area contributed by atoms with E-state index < -0.39 is 17.9 Å². The van der Waals surface area contributed by atoms with E-state index in [9.17, 15) is 19.5 Å². The Morgan fingerprint density at radius 2 is 1.71 bits per heavy atom. The molecule has 5 rings (SSSR count). The van der Waals surface area contributed by atoms with E-state index in [1.165, 1.54) is 25.7 Å². The molecule has 8 nitrogen and oxygen atoms in total. The second-order valence-electron chi connectivity index (χ2n) is 9.74. The van der Waals surface area contributed by atoms with Crippen LogP contribution in [0.5, 0.6) is 5.75 Å². The van der Waals surface area contributed by atoms with Crippen molar-refractivity contribution in [2.45, 2.75) is 50.6 Å². The van der Waals surface area contributed by atoms with Gasteiger partial charge in [0.2, 0.25) is 0 Å². The summed E-state index contributed by atoms with van der Waals surface area (Å²) in [5.74, 6) is -0.943. The molecule has 0 radical (unpaired) electrons. The number of carbonyl (C=O) groups excluding carboxylic acids is 2. The summed E-state index contributed by atoms with van der Waals surface area (Å²) in [7, 11) is 1.27. The lowest BCUT2D eigenvalue weighted by Gasteiger charge is -2.26. The summed E-state index contributed by atoms with van der Waals surface area (Å²) in [5.41, 5.74) is 2.43. The van der Waals surface area contributed by atoms with Crippen molar-refractivity contribution in [2.24, 2.45) is 0 Å². The zero-order valence-electron chi connectivity index (χ0n) is 21.3. The highest BCUT2D eigenvalue weighted by Gasteiger charge is 2.26. The monoisotopic (exact) mass is 513 g/mol. The van der Waals surface area contributed by atoms with E-state index in [1.54, 1.807) is 28.9 Å². The molecule has 0 saturated heterocycles. The zero-order valence-corrected chi connectivity index (χ0v) is 21.3. The van der Waals surface area contributed by atoms with Gasteiger partial charge in [0.1, 0.15) is 11.8 Å². The van der Waals surface area contributed by atoms with E-state index in [4.69, 9.17) is 4.74 Å². The molecule has 0 aliphatic heterocycles. The molecule has 2 N–H and O–H groups in total. The third-order valence-corrected chi connectivity index (χ3v) is 7.23. The summed E-state index contributed by atoms with van der Waals surface area (Å²) in [5, 5.41) is 12.8. The van der Waals surface area contributed by atoms with Gasteiger partial charge >= 0.3 is 5.97 Å². The average molecular weight is 514 g/mol. The summed E-state index contributed by atoms with van der Waals surface area (Å²) in [4.78, 5) is 39.4. The number of fused-ring (bicyclic) bond motifs is 1. The minimum atomic E-state index is -0.930. The number of phenols is 1. The predicted octanol–water partition coefficient (Wildman–Crippen LogP) is 4.52. The number of aromatic nitrogens is 2. The van der Waals surface area contributed by atoms with Crippen molar-refractivity contribution in [1.29, 1.82) is 0 Å². The van der Waals surface area contributed by atoms with Crippen LogP contribution in [0.25, 0.3) is 16.6 Å². The number of esters is 1. The Balaban J connectivity index is 1.50. The largest absolute Gasteiger partial charge is 0.508 e. The molecule has 1 fully saturated rings. The van der Waals surface area contributed by atoms with E-state index in [2.05, 4.69) is 10.00 Å². The summed E-state index contributed by atoms with van der Waals surface area (Å²) in [6, 6.07) is 20.4. The van der Waals surface area contributed by atoms with Crippen LogP contribution in [0.4, 0.5) is 0 Å². The van der Waals surface area contributed by atoms with Crippen molar-refractivity contribution < 1.29 is 19.4 Å². The highest BCUT2D eigenvalue weighted by molar-refractivity contribution is 6.00. The van der Waals surface area contributed by atoms with Crippen molar-refractivity contribution in [3.8, 4) is 11.4 Å². The molecule has 1 aromatic heterocycles. The Morgan fingerprint density at radius 3 is 2.39 bits per heavy atom. The Bertz CT molecular complexity index is 1500. The molecule has 1 aliphatic rings. The first kappa shape index (κ1) is 25.3. The van der Waals surface area contributed by atoms with Crippen LogP contribution in [-0.2, 0) is 16.0 Å². The van der Waals surface area contributed by atoms with E-state index in [1.807, 2.05) is 36.4 Å². The van der Waals surface area contributed by atoms with Gasteiger partial charge in [0.15, 0.2) is 0 Å². The Morgan fingerprint density at radius 1 is 1.00 bits per heavy atom. The number of nitrogens with one attached hydrogen (secondary N) is 1. The number of hydrogen-bond donors (Lipinski definition) is 2. The van der Waals surface area contributed by atoms with Gasteiger partial charge in [-0.2, -0.15) is 0 Å². The molecule has 1 heterocycles. The van der Waals surface area contributed by atoms with Crippen molar-refractivity contribution >= 4 is 22.8 Å². The Kier molecular flexibility index (Phi) is 7.31. The standard InChI is InChI=1S/C30H31N3O5/c1-38-30(37)26(18-20-12-15-24(34)16-13-20)31-28(35)21-14-17-27-25(19-21)29(36)33(23-10-6-3-7-11-23)32(27)22-8-4-2-5-9-22/h3,6-7,10-17,19,22,26,34H,2,4-5,8-9,18H2,1H3,(H,31,35)/t26-/m0/s1. The van der Waals surface area contributed by atoms with Gasteiger partial charge in [-0.1, -0.05) is 49.6 Å². The van der Waals surface area contributed by atoms with Gasteiger partial charge in [-0.15, -0.1) is 0 Å². The van der Waals surface area contributed by atoms with Crippen molar-refractivity contribution in [2.75, 3.05) is 7.11 Å². The van der Waals surface area contributed by atoms with Crippen LogP contribution >= 0.6 is 0 Å². The van der Waals surface area contributed by atoms with Gasteiger partial charge in [-0.05, 0) is 60.9 Å². The molecule has 0 bridgehead atoms. The Labute approximate surface area is 220 Å². The third kappa shape index (κ3) is 5.07. The number of ether oxygens (including phenoxy) is 1. The highest BCUT2D eigenvalue weighted by atomic mass is 16.5. The summed E-state index contributed by atoms with van der Waals surface area (Å²) in [6.45, 7) is 0. The molecular formula is C30H31N3O5. The van der Waals surface area contributed by atoms with E-state index >= 15 is 0 Å². The second-order valence-corrected chi connectivity index (χ2v) is 9.74. The number of benzene rings is 3. The van der Waals surface area contributed by atoms with Crippen LogP contribution in [0.2, 0.25) is 0 Å². The minimum Gasteiger partial charge on any atom is -0.508 e. The van der Waals surface area contributed by atoms with Crippen molar-refractivity contribution in [3.63, 3.8) is 0 Å². The van der Waals surface area contributed by atoms with Crippen LogP contribution < -0.4 is 10.9 Å². The van der Waals surface area contributed by atoms with Crippen molar-refractivity contribution in [3.05, 3.63) is 94.3 Å². The maximum atomic E-state index is 13.7. The molecule has 4 aromatic rings. The molecule has 196 valence electrons. The predicted molar refractivity (Wildman–Crippen MR) is 145 cm³/mol. The molecule has 1 saturated carbocycles. The lowest BCUT2D eigenvalue weighted by Crippen LogP contribution is -2.43. The van der Waals surface area contributed by atoms with Crippen LogP contribution in [0, 0.1) is 0 Å². The number of para-hydroxylation sites is 1. The maximum absolute atomic E-state index is 13.7. The second kappa shape index (κ2) is 11.0. The first-order valence-electron chi connectivity index (χ1n) is 13.0. The molecule has 0 unspecified atom stereocenters. The molecule has 1 atom stereocenters. The molecular weight excluding hydrogens is 482 g/mol.